The second-order valence-corrected chi connectivity index (χ2v) is 6.53. The van der Waals surface area contributed by atoms with Crippen LogP contribution < -0.4 is 0 Å². The Balaban J connectivity index is 1.84. The van der Waals surface area contributed by atoms with Crippen molar-refractivity contribution < 1.29 is 0 Å². The van der Waals surface area contributed by atoms with E-state index < -0.39 is 0 Å². The minimum Gasteiger partial charge on any atom is -0.275 e. The van der Waals surface area contributed by atoms with Gasteiger partial charge in [-0.05, 0) is 23.7 Å². The van der Waals surface area contributed by atoms with Gasteiger partial charge in [0.1, 0.15) is 0 Å². The highest BCUT2D eigenvalue weighted by atomic mass is 35.5. The lowest BCUT2D eigenvalue weighted by Gasteiger charge is -2.06. The molecule has 0 N–H and O–H groups in total. The lowest BCUT2D eigenvalue weighted by Crippen LogP contribution is -1.91. The van der Waals surface area contributed by atoms with Gasteiger partial charge in [0.05, 0.1) is 15.4 Å². The maximum absolute atomic E-state index is 6.51. The van der Waals surface area contributed by atoms with Crippen molar-refractivity contribution in [3.63, 3.8) is 0 Å². The second kappa shape index (κ2) is 5.15. The number of fused-ring (bicyclic) bond motifs is 2. The summed E-state index contributed by atoms with van der Waals surface area (Å²) in [6.45, 7) is 0. The van der Waals surface area contributed by atoms with Crippen molar-refractivity contribution in [2.75, 3.05) is 0 Å². The maximum atomic E-state index is 6.51. The van der Waals surface area contributed by atoms with E-state index in [1.54, 1.807) is 27.7 Å². The molecule has 0 aliphatic heterocycles. The van der Waals surface area contributed by atoms with Crippen LogP contribution in [0.3, 0.4) is 0 Å². The maximum Gasteiger partial charge on any atom is 0.208 e. The van der Waals surface area contributed by atoms with E-state index in [9.17, 15) is 0 Å². The first-order valence-corrected chi connectivity index (χ1v) is 7.98. The molecule has 22 heavy (non-hydrogen) atoms. The molecule has 3 aromatic heterocycles. The fraction of sp³-hybridized carbons (Fsp3) is 0.0714. The fourth-order valence-electron chi connectivity index (χ4n) is 2.29. The van der Waals surface area contributed by atoms with E-state index in [0.717, 1.165) is 26.3 Å². The van der Waals surface area contributed by atoms with Gasteiger partial charge < -0.3 is 0 Å². The molecule has 0 saturated heterocycles. The van der Waals surface area contributed by atoms with E-state index >= 15 is 0 Å². The fourth-order valence-corrected chi connectivity index (χ4v) is 3.72. The van der Waals surface area contributed by atoms with Crippen LogP contribution in [-0.4, -0.2) is 24.1 Å². The van der Waals surface area contributed by atoms with Crippen LogP contribution in [0, 0.1) is 0 Å². The molecule has 4 rings (SSSR count). The van der Waals surface area contributed by atoms with Crippen molar-refractivity contribution in [2.24, 2.45) is 7.05 Å². The zero-order valence-electron chi connectivity index (χ0n) is 11.4. The summed E-state index contributed by atoms with van der Waals surface area (Å²) in [5.41, 5.74) is 1.63. The van der Waals surface area contributed by atoms with Crippen molar-refractivity contribution in [2.45, 2.75) is 9.79 Å². The molecule has 110 valence electrons. The minimum atomic E-state index is 0.380. The molecule has 0 radical (unpaired) electrons. The molecular weight excluding hydrogens is 341 g/mol. The number of nitrogens with zero attached hydrogens (tertiary/aromatic N) is 5. The third-order valence-corrected chi connectivity index (χ3v) is 5.14. The second-order valence-electron chi connectivity index (χ2n) is 4.73. The van der Waals surface area contributed by atoms with E-state index in [2.05, 4.69) is 15.1 Å². The summed E-state index contributed by atoms with van der Waals surface area (Å²) in [7, 11) is 1.88. The molecule has 0 amide bonds. The Kier molecular flexibility index (Phi) is 3.25. The van der Waals surface area contributed by atoms with Crippen LogP contribution in [0.25, 0.3) is 16.6 Å². The van der Waals surface area contributed by atoms with Gasteiger partial charge in [0.15, 0.2) is 5.65 Å². The minimum absolute atomic E-state index is 0.380. The van der Waals surface area contributed by atoms with Crippen LogP contribution in [-0.2, 0) is 7.05 Å². The monoisotopic (exact) mass is 349 g/mol. The highest BCUT2D eigenvalue weighted by molar-refractivity contribution is 7.99. The number of rotatable bonds is 2. The number of aryl methyl sites for hydroxylation is 1. The first-order valence-electron chi connectivity index (χ1n) is 6.41. The SMILES string of the molecule is Cn1cc2c(Cl)c(Sc3cnc(Cl)n4ccnc34)ccc2n1. The summed E-state index contributed by atoms with van der Waals surface area (Å²) in [5, 5.41) is 6.33. The van der Waals surface area contributed by atoms with Gasteiger partial charge in [0, 0.05) is 42.1 Å². The van der Waals surface area contributed by atoms with Crippen LogP contribution in [0.15, 0.2) is 46.7 Å². The van der Waals surface area contributed by atoms with E-state index in [0.29, 0.717) is 10.3 Å². The first-order chi connectivity index (χ1) is 10.6. The summed E-state index contributed by atoms with van der Waals surface area (Å²) in [6, 6.07) is 3.91. The van der Waals surface area contributed by atoms with Gasteiger partial charge in [0.25, 0.3) is 0 Å². The smallest absolute Gasteiger partial charge is 0.208 e. The van der Waals surface area contributed by atoms with E-state index in [4.69, 9.17) is 23.2 Å². The van der Waals surface area contributed by atoms with Gasteiger partial charge >= 0.3 is 0 Å². The van der Waals surface area contributed by atoms with Crippen LogP contribution >= 0.6 is 35.0 Å². The Morgan fingerprint density at radius 1 is 1.14 bits per heavy atom. The highest BCUT2D eigenvalue weighted by Crippen LogP contribution is 2.38. The molecule has 1 aromatic carbocycles. The topological polar surface area (TPSA) is 48.0 Å². The Bertz CT molecular complexity index is 1010. The quantitative estimate of drug-likeness (QED) is 0.511. The molecule has 0 aliphatic rings. The molecule has 0 bridgehead atoms. The van der Waals surface area contributed by atoms with Gasteiger partial charge in [-0.15, -0.1) is 0 Å². The lowest BCUT2D eigenvalue weighted by atomic mass is 10.2. The predicted molar refractivity (Wildman–Crippen MR) is 87.8 cm³/mol. The van der Waals surface area contributed by atoms with Crippen molar-refractivity contribution in [1.82, 2.24) is 24.1 Å². The van der Waals surface area contributed by atoms with E-state index in [1.165, 1.54) is 11.8 Å². The zero-order chi connectivity index (χ0) is 15.3. The third kappa shape index (κ3) is 2.15. The molecule has 5 nitrogen and oxygen atoms in total. The first kappa shape index (κ1) is 13.9. The van der Waals surface area contributed by atoms with Crippen LogP contribution in [0.1, 0.15) is 0 Å². The highest BCUT2D eigenvalue weighted by Gasteiger charge is 2.13. The van der Waals surface area contributed by atoms with E-state index in [-0.39, 0.29) is 0 Å². The largest absolute Gasteiger partial charge is 0.275 e. The zero-order valence-corrected chi connectivity index (χ0v) is 13.7. The molecule has 0 aliphatic carbocycles. The van der Waals surface area contributed by atoms with Crippen LogP contribution in [0.2, 0.25) is 10.3 Å². The molecular formula is C14H9Cl2N5S. The number of halogens is 2. The van der Waals surface area contributed by atoms with Gasteiger partial charge in [-0.25, -0.2) is 9.97 Å². The van der Waals surface area contributed by atoms with Crippen LogP contribution in [0.5, 0.6) is 0 Å². The molecule has 0 unspecified atom stereocenters. The lowest BCUT2D eigenvalue weighted by molar-refractivity contribution is 0.780. The van der Waals surface area contributed by atoms with Gasteiger partial charge in [-0.1, -0.05) is 23.4 Å². The van der Waals surface area contributed by atoms with Gasteiger partial charge in [-0.2, -0.15) is 5.10 Å². The average Bonchev–Trinajstić information content (AvgIpc) is 3.11. The summed E-state index contributed by atoms with van der Waals surface area (Å²) >= 11 is 14.1. The van der Waals surface area contributed by atoms with Gasteiger partial charge in [-0.3, -0.25) is 9.08 Å². The molecule has 3 heterocycles. The summed E-state index contributed by atoms with van der Waals surface area (Å²) in [5.74, 6) is 0. The molecule has 4 aromatic rings. The number of aromatic nitrogens is 5. The van der Waals surface area contributed by atoms with E-state index in [1.807, 2.05) is 25.4 Å². The summed E-state index contributed by atoms with van der Waals surface area (Å²) in [4.78, 5) is 10.3. The number of imidazole rings is 1. The molecule has 0 atom stereocenters. The van der Waals surface area contributed by atoms with Crippen molar-refractivity contribution in [1.29, 1.82) is 0 Å². The predicted octanol–water partition coefficient (Wildman–Crippen LogP) is 4.07. The number of hydrogen-bond acceptors (Lipinski definition) is 4. The summed E-state index contributed by atoms with van der Waals surface area (Å²) in [6.07, 6.45) is 7.09. The third-order valence-electron chi connectivity index (χ3n) is 3.27. The summed E-state index contributed by atoms with van der Waals surface area (Å²) < 4.78 is 3.49. The average molecular weight is 350 g/mol. The molecule has 8 heteroatoms. The van der Waals surface area contributed by atoms with Crippen LogP contribution in [0.4, 0.5) is 0 Å². The molecule has 0 fully saturated rings. The number of benzene rings is 1. The molecule has 0 spiro atoms. The standard InChI is InChI=1S/C14H9Cl2N5S/c1-20-7-8-9(19-20)2-3-10(12(8)15)22-11-6-18-14(16)21-5-4-17-13(11)21/h2-7H,1H3. The number of hydrogen-bond donors (Lipinski definition) is 0. The Hall–Kier alpha value is -1.76. The Morgan fingerprint density at radius 3 is 2.86 bits per heavy atom. The Morgan fingerprint density at radius 2 is 2.00 bits per heavy atom. The molecule has 0 saturated carbocycles. The van der Waals surface area contributed by atoms with Crippen molar-refractivity contribution in [3.8, 4) is 0 Å². The Labute approximate surface area is 139 Å². The van der Waals surface area contributed by atoms with Crippen molar-refractivity contribution >= 4 is 51.5 Å². The van der Waals surface area contributed by atoms with Gasteiger partial charge in [0.2, 0.25) is 5.28 Å². The normalized spacial score (nSPS) is 11.6. The van der Waals surface area contributed by atoms with Crippen molar-refractivity contribution in [3.05, 3.63) is 47.2 Å².